The first kappa shape index (κ1) is 29.8. The van der Waals surface area contributed by atoms with Crippen molar-refractivity contribution in [3.05, 3.63) is 60.2 Å². The molecular formula is C29H42N4O4. The van der Waals surface area contributed by atoms with Crippen LogP contribution in [0, 0.1) is 5.92 Å². The number of rotatable bonds is 11. The quantitative estimate of drug-likeness (QED) is 0.271. The SMILES string of the molecule is CCCCCCC(=O)N[C@@H](Cc1ccccc1)C(=O)N[C@H]1/C=C/CCNC(=O)/C=C/[C@H](C(C)C)NC1=O. The van der Waals surface area contributed by atoms with Crippen molar-refractivity contribution in [3.63, 3.8) is 0 Å². The number of benzene rings is 1. The van der Waals surface area contributed by atoms with Crippen molar-refractivity contribution < 1.29 is 19.2 Å². The third-order valence-corrected chi connectivity index (χ3v) is 6.19. The van der Waals surface area contributed by atoms with E-state index >= 15 is 0 Å². The second kappa shape index (κ2) is 16.3. The van der Waals surface area contributed by atoms with Gasteiger partial charge in [-0.05, 0) is 24.3 Å². The molecule has 1 aliphatic rings. The lowest BCUT2D eigenvalue weighted by molar-refractivity contribution is -0.131. The standard InChI is InChI=1S/C29H42N4O4/c1-4-5-6-10-16-27(35)31-25(20-22-13-8-7-9-14-22)29(37)33-24-15-11-12-19-30-26(34)18-17-23(21(2)3)32-28(24)36/h7-9,11,13-15,17-18,21,23-25H,4-6,10,12,16,19-20H2,1-3H3,(H,30,34)(H,31,35)(H,32,36)(H,33,37)/b15-11+,18-17+/t23-,24+,25+/m1/s1. The topological polar surface area (TPSA) is 116 Å². The molecule has 37 heavy (non-hydrogen) atoms. The fraction of sp³-hybridized carbons (Fsp3) is 0.517. The highest BCUT2D eigenvalue weighted by atomic mass is 16.2. The molecular weight excluding hydrogens is 468 g/mol. The Morgan fingerprint density at radius 1 is 1.05 bits per heavy atom. The maximum atomic E-state index is 13.4. The molecule has 1 aromatic carbocycles. The highest BCUT2D eigenvalue weighted by Gasteiger charge is 2.27. The Labute approximate surface area is 220 Å². The van der Waals surface area contributed by atoms with E-state index in [1.165, 1.54) is 6.08 Å². The lowest BCUT2D eigenvalue weighted by Crippen LogP contribution is -2.55. The molecule has 0 aromatic heterocycles. The number of unbranched alkanes of at least 4 members (excludes halogenated alkanes) is 3. The summed E-state index contributed by atoms with van der Waals surface area (Å²) in [4.78, 5) is 51.1. The van der Waals surface area contributed by atoms with Gasteiger partial charge in [-0.15, -0.1) is 0 Å². The van der Waals surface area contributed by atoms with Crippen LogP contribution in [0.3, 0.4) is 0 Å². The molecule has 0 saturated heterocycles. The number of carbonyl (C=O) groups is 4. The molecule has 0 bridgehead atoms. The molecule has 0 fully saturated rings. The van der Waals surface area contributed by atoms with Gasteiger partial charge in [0.15, 0.2) is 0 Å². The average Bonchev–Trinajstić information content (AvgIpc) is 2.87. The van der Waals surface area contributed by atoms with Crippen molar-refractivity contribution >= 4 is 23.6 Å². The van der Waals surface area contributed by atoms with Gasteiger partial charge in [-0.2, -0.15) is 0 Å². The molecule has 4 N–H and O–H groups in total. The Morgan fingerprint density at radius 2 is 1.81 bits per heavy atom. The summed E-state index contributed by atoms with van der Waals surface area (Å²) in [5.74, 6) is -1.15. The van der Waals surface area contributed by atoms with E-state index in [0.717, 1.165) is 31.2 Å². The van der Waals surface area contributed by atoms with Crippen LogP contribution in [0.1, 0.15) is 64.9 Å². The molecule has 0 unspecified atom stereocenters. The number of nitrogens with one attached hydrogen (secondary N) is 4. The monoisotopic (exact) mass is 510 g/mol. The van der Waals surface area contributed by atoms with E-state index in [1.54, 1.807) is 18.2 Å². The smallest absolute Gasteiger partial charge is 0.247 e. The Hall–Kier alpha value is -3.42. The lowest BCUT2D eigenvalue weighted by atomic mass is 10.0. The van der Waals surface area contributed by atoms with E-state index in [0.29, 0.717) is 25.8 Å². The van der Waals surface area contributed by atoms with Gasteiger partial charge in [0.05, 0.1) is 0 Å². The molecule has 1 aromatic rings. The van der Waals surface area contributed by atoms with Gasteiger partial charge in [-0.1, -0.05) is 88.6 Å². The number of amides is 4. The van der Waals surface area contributed by atoms with Crippen LogP contribution in [0.2, 0.25) is 0 Å². The second-order valence-corrected chi connectivity index (χ2v) is 9.75. The van der Waals surface area contributed by atoms with Crippen molar-refractivity contribution in [1.82, 2.24) is 21.3 Å². The first-order valence-corrected chi connectivity index (χ1v) is 13.4. The molecule has 2 rings (SSSR count). The average molecular weight is 511 g/mol. The van der Waals surface area contributed by atoms with Crippen LogP contribution in [-0.2, 0) is 25.6 Å². The predicted octanol–water partition coefficient (Wildman–Crippen LogP) is 2.94. The zero-order chi connectivity index (χ0) is 27.0. The van der Waals surface area contributed by atoms with Crippen LogP contribution < -0.4 is 21.3 Å². The second-order valence-electron chi connectivity index (χ2n) is 9.75. The van der Waals surface area contributed by atoms with Crippen molar-refractivity contribution in [1.29, 1.82) is 0 Å². The van der Waals surface area contributed by atoms with Gasteiger partial charge < -0.3 is 21.3 Å². The summed E-state index contributed by atoms with van der Waals surface area (Å²) in [6.45, 7) is 6.41. The van der Waals surface area contributed by atoms with E-state index < -0.39 is 18.0 Å². The maximum Gasteiger partial charge on any atom is 0.247 e. The Kier molecular flexibility index (Phi) is 13.2. The third kappa shape index (κ3) is 11.5. The van der Waals surface area contributed by atoms with E-state index in [-0.39, 0.29) is 29.7 Å². The fourth-order valence-electron chi connectivity index (χ4n) is 3.94. The highest BCUT2D eigenvalue weighted by Crippen LogP contribution is 2.08. The summed E-state index contributed by atoms with van der Waals surface area (Å²) in [6, 6.07) is 7.37. The van der Waals surface area contributed by atoms with Crippen molar-refractivity contribution in [3.8, 4) is 0 Å². The van der Waals surface area contributed by atoms with Gasteiger partial charge in [0.1, 0.15) is 12.1 Å². The molecule has 4 amide bonds. The summed E-state index contributed by atoms with van der Waals surface area (Å²) >= 11 is 0. The molecule has 0 spiro atoms. The third-order valence-electron chi connectivity index (χ3n) is 6.19. The molecule has 1 aliphatic heterocycles. The number of hydrogen-bond acceptors (Lipinski definition) is 4. The number of carbonyl (C=O) groups excluding carboxylic acids is 4. The summed E-state index contributed by atoms with van der Waals surface area (Å²) in [6.07, 6.45) is 11.6. The normalized spacial score (nSPS) is 21.0. The van der Waals surface area contributed by atoms with Crippen LogP contribution in [0.15, 0.2) is 54.6 Å². The van der Waals surface area contributed by atoms with Crippen LogP contribution in [0.5, 0.6) is 0 Å². The van der Waals surface area contributed by atoms with Gasteiger partial charge in [-0.25, -0.2) is 0 Å². The first-order chi connectivity index (χ1) is 17.8. The Balaban J connectivity index is 2.17. The molecule has 1 heterocycles. The largest absolute Gasteiger partial charge is 0.352 e. The van der Waals surface area contributed by atoms with Gasteiger partial charge in [-0.3, -0.25) is 19.2 Å². The summed E-state index contributed by atoms with van der Waals surface area (Å²) in [5, 5.41) is 11.4. The van der Waals surface area contributed by atoms with E-state index in [1.807, 2.05) is 44.2 Å². The van der Waals surface area contributed by atoms with E-state index in [2.05, 4.69) is 28.2 Å². The fourth-order valence-corrected chi connectivity index (χ4v) is 3.94. The van der Waals surface area contributed by atoms with Crippen LogP contribution in [-0.4, -0.2) is 48.3 Å². The first-order valence-electron chi connectivity index (χ1n) is 13.4. The van der Waals surface area contributed by atoms with Crippen molar-refractivity contribution in [2.24, 2.45) is 5.92 Å². The van der Waals surface area contributed by atoms with Crippen LogP contribution >= 0.6 is 0 Å². The lowest BCUT2D eigenvalue weighted by Gasteiger charge is -2.25. The van der Waals surface area contributed by atoms with Crippen LogP contribution in [0.25, 0.3) is 0 Å². The minimum atomic E-state index is -0.919. The Morgan fingerprint density at radius 3 is 2.51 bits per heavy atom. The highest BCUT2D eigenvalue weighted by molar-refractivity contribution is 5.93. The molecule has 3 atom stereocenters. The molecule has 202 valence electrons. The molecule has 0 radical (unpaired) electrons. The summed E-state index contributed by atoms with van der Waals surface area (Å²) in [7, 11) is 0. The maximum absolute atomic E-state index is 13.4. The van der Waals surface area contributed by atoms with Crippen molar-refractivity contribution in [2.45, 2.75) is 83.8 Å². The van der Waals surface area contributed by atoms with Gasteiger partial charge in [0.25, 0.3) is 0 Å². The van der Waals surface area contributed by atoms with Gasteiger partial charge in [0.2, 0.25) is 23.6 Å². The van der Waals surface area contributed by atoms with Gasteiger partial charge in [0, 0.05) is 31.5 Å². The number of hydrogen-bond donors (Lipinski definition) is 4. The molecule has 8 nitrogen and oxygen atoms in total. The minimum Gasteiger partial charge on any atom is -0.352 e. The molecule has 8 heteroatoms. The minimum absolute atomic E-state index is 0.0362. The van der Waals surface area contributed by atoms with Gasteiger partial charge >= 0.3 is 0 Å². The van der Waals surface area contributed by atoms with E-state index in [9.17, 15) is 19.2 Å². The summed E-state index contributed by atoms with van der Waals surface area (Å²) in [5.41, 5.74) is 0.911. The van der Waals surface area contributed by atoms with E-state index in [4.69, 9.17) is 0 Å². The summed E-state index contributed by atoms with van der Waals surface area (Å²) < 4.78 is 0. The van der Waals surface area contributed by atoms with Crippen LogP contribution in [0.4, 0.5) is 0 Å². The molecule has 0 aliphatic carbocycles. The molecule has 0 saturated carbocycles. The zero-order valence-corrected chi connectivity index (χ0v) is 22.3. The predicted molar refractivity (Wildman–Crippen MR) is 145 cm³/mol. The zero-order valence-electron chi connectivity index (χ0n) is 22.3. The Bertz CT molecular complexity index is 942. The van der Waals surface area contributed by atoms with Crippen molar-refractivity contribution in [2.75, 3.05) is 6.54 Å².